The molecule has 2 aromatic heterocycles. The molecule has 53 heavy (non-hydrogen) atoms. The molecule has 0 amide bonds. The summed E-state index contributed by atoms with van der Waals surface area (Å²) in [6.07, 6.45) is 5.97. The fraction of sp³-hybridized carbons (Fsp3) is 0.426. The van der Waals surface area contributed by atoms with Crippen molar-refractivity contribution in [2.24, 2.45) is 17.3 Å². The Hall–Kier alpha value is -3.44. The number of hydrogen-bond donors (Lipinski definition) is 1. The number of rotatable bonds is 9. The minimum Gasteiger partial charge on any atom is -0.512 e. The summed E-state index contributed by atoms with van der Waals surface area (Å²) in [5.41, 5.74) is 5.89. The molecule has 0 unspecified atom stereocenters. The maximum absolute atomic E-state index is 11.7. The fourth-order valence-electron chi connectivity index (χ4n) is 7.34. The van der Waals surface area contributed by atoms with Crippen molar-refractivity contribution < 1.29 is 30.0 Å². The van der Waals surface area contributed by atoms with Crippen molar-refractivity contribution in [1.29, 1.82) is 0 Å². The summed E-state index contributed by atoms with van der Waals surface area (Å²) < 4.78 is 2.51. The molecule has 2 heterocycles. The zero-order valence-corrected chi connectivity index (χ0v) is 36.7. The van der Waals surface area contributed by atoms with Crippen LogP contribution in [0.2, 0.25) is 0 Å². The third-order valence-electron chi connectivity index (χ3n) is 10.3. The number of benzene rings is 4. The van der Waals surface area contributed by atoms with E-state index < -0.39 is 0 Å². The van der Waals surface area contributed by atoms with Crippen LogP contribution in [-0.2, 0) is 36.7 Å². The van der Waals surface area contributed by atoms with Crippen LogP contribution in [0, 0.1) is 30.2 Å². The van der Waals surface area contributed by atoms with Crippen LogP contribution >= 0.6 is 11.3 Å². The number of nitrogens with zero attached hydrogens (tertiary/aromatic N) is 2. The van der Waals surface area contributed by atoms with E-state index in [0.29, 0.717) is 0 Å². The van der Waals surface area contributed by atoms with Gasteiger partial charge in [-0.1, -0.05) is 129 Å². The molecule has 0 bridgehead atoms. The Kier molecular flexibility index (Phi) is 13.9. The molecule has 4 nitrogen and oxygen atoms in total. The maximum atomic E-state index is 11.7. The standard InChI is InChI=1S/C34H33N2S.C13H24O2.Ir/c1-20-29-27-15-13-23-16-21(19-33(2,3)4)12-14-26(23)31(27)37-32(29)30(36-35-20)24-17-22-10-8-9-11-25(22)28(18-24)34(5,6)7;1-5-10(6-2)12(14)9-13(15)11(7-3)8-4;/h8-16,18H,19H2,1-7H3;9-11,14H,5-8H2,1-4H3;/q-1;;/b;12-9-;. The maximum Gasteiger partial charge on any atom is 0.162 e. The Bertz CT molecular complexity index is 2250. The van der Waals surface area contributed by atoms with Gasteiger partial charge in [-0.25, -0.2) is 0 Å². The predicted octanol–water partition coefficient (Wildman–Crippen LogP) is 13.7. The van der Waals surface area contributed by atoms with E-state index in [4.69, 9.17) is 5.10 Å². The molecule has 0 spiro atoms. The van der Waals surface area contributed by atoms with Gasteiger partial charge in [-0.3, -0.25) is 4.79 Å². The van der Waals surface area contributed by atoms with Gasteiger partial charge in [0.15, 0.2) is 5.78 Å². The van der Waals surface area contributed by atoms with E-state index in [1.165, 1.54) is 53.5 Å². The first kappa shape index (κ1) is 42.3. The molecule has 0 aliphatic heterocycles. The number of allylic oxidation sites excluding steroid dienone is 2. The number of aliphatic hydroxyl groups is 1. The third-order valence-corrected chi connectivity index (χ3v) is 11.5. The number of carbonyl (C=O) groups excluding carboxylic acids is 1. The van der Waals surface area contributed by atoms with Crippen LogP contribution in [0.15, 0.2) is 72.5 Å². The SMILES string of the molecule is CCC(CC)C(=O)/C=C(\O)C(CC)CC.Cc1nnc(-c2[c-]c3ccccc3c(C(C)(C)C)c2)c2sc3c4ccc(CC(C)(C)C)cc4ccc3c12.[Ir]. The van der Waals surface area contributed by atoms with Crippen LogP contribution in [-0.4, -0.2) is 21.1 Å². The molecule has 0 atom stereocenters. The van der Waals surface area contributed by atoms with Crippen LogP contribution < -0.4 is 0 Å². The van der Waals surface area contributed by atoms with Crippen molar-refractivity contribution in [1.82, 2.24) is 10.2 Å². The van der Waals surface area contributed by atoms with Gasteiger partial charge < -0.3 is 5.11 Å². The molecule has 283 valence electrons. The molecule has 6 aromatic rings. The molecule has 4 aromatic carbocycles. The topological polar surface area (TPSA) is 63.1 Å². The summed E-state index contributed by atoms with van der Waals surface area (Å²) in [6.45, 7) is 23.9. The quantitative estimate of drug-likeness (QED) is 0.0892. The second-order valence-corrected chi connectivity index (χ2v) is 17.6. The number of hydrogen-bond acceptors (Lipinski definition) is 5. The summed E-state index contributed by atoms with van der Waals surface area (Å²) in [7, 11) is 0. The molecular weight excluding hydrogens is 849 g/mol. The summed E-state index contributed by atoms with van der Waals surface area (Å²) >= 11 is 1.84. The molecule has 6 heteroatoms. The number of aliphatic hydroxyl groups excluding tert-OH is 1. The van der Waals surface area contributed by atoms with Crippen LogP contribution in [0.25, 0.3) is 53.0 Å². The number of ketones is 1. The average Bonchev–Trinajstić information content (AvgIpc) is 3.49. The Morgan fingerprint density at radius 3 is 2.08 bits per heavy atom. The first-order valence-electron chi connectivity index (χ1n) is 19.1. The number of aromatic nitrogens is 2. The van der Waals surface area contributed by atoms with Gasteiger partial charge in [0.1, 0.15) is 0 Å². The number of aryl methyl sites for hydroxylation is 1. The second kappa shape index (κ2) is 17.4. The number of carbonyl (C=O) groups is 1. The van der Waals surface area contributed by atoms with Crippen molar-refractivity contribution in [2.45, 2.75) is 114 Å². The summed E-state index contributed by atoms with van der Waals surface area (Å²) in [4.78, 5) is 11.7. The van der Waals surface area contributed by atoms with E-state index in [1.54, 1.807) is 0 Å². The van der Waals surface area contributed by atoms with Crippen molar-refractivity contribution >= 4 is 58.8 Å². The fourth-order valence-corrected chi connectivity index (χ4v) is 8.72. The van der Waals surface area contributed by atoms with E-state index in [9.17, 15) is 9.90 Å². The molecule has 0 aliphatic carbocycles. The van der Waals surface area contributed by atoms with Gasteiger partial charge in [0.2, 0.25) is 0 Å². The normalized spacial score (nSPS) is 12.5. The smallest absolute Gasteiger partial charge is 0.162 e. The summed E-state index contributed by atoms with van der Waals surface area (Å²) in [5, 5.41) is 26.6. The largest absolute Gasteiger partial charge is 0.512 e. The molecule has 1 N–H and O–H groups in total. The summed E-state index contributed by atoms with van der Waals surface area (Å²) in [6, 6.07) is 26.0. The van der Waals surface area contributed by atoms with E-state index >= 15 is 0 Å². The van der Waals surface area contributed by atoms with Gasteiger partial charge in [0.25, 0.3) is 0 Å². The molecule has 0 saturated heterocycles. The first-order valence-corrected chi connectivity index (χ1v) is 19.9. The van der Waals surface area contributed by atoms with E-state index in [2.05, 4.69) is 120 Å². The van der Waals surface area contributed by atoms with Crippen molar-refractivity contribution in [2.75, 3.05) is 0 Å². The van der Waals surface area contributed by atoms with E-state index in [-0.39, 0.29) is 54.3 Å². The van der Waals surface area contributed by atoms with Gasteiger partial charge >= 0.3 is 0 Å². The number of thiophene rings is 1. The van der Waals surface area contributed by atoms with Gasteiger partial charge in [-0.2, -0.15) is 10.2 Å². The van der Waals surface area contributed by atoms with Gasteiger partial charge in [-0.05, 0) is 66.2 Å². The van der Waals surface area contributed by atoms with Crippen molar-refractivity contribution in [3.05, 3.63) is 95.4 Å². The summed E-state index contributed by atoms with van der Waals surface area (Å²) in [5.74, 6) is 0.547. The third kappa shape index (κ3) is 9.45. The molecular formula is C47H57IrN2O2S-. The van der Waals surface area contributed by atoms with Crippen LogP contribution in [0.3, 0.4) is 0 Å². The Morgan fingerprint density at radius 2 is 1.45 bits per heavy atom. The predicted molar refractivity (Wildman–Crippen MR) is 225 cm³/mol. The zero-order valence-electron chi connectivity index (χ0n) is 33.5. The molecule has 0 aliphatic rings. The first-order chi connectivity index (χ1) is 24.6. The Balaban J connectivity index is 0.000000335. The molecule has 1 radical (unpaired) electrons. The van der Waals surface area contributed by atoms with Crippen LogP contribution in [0.5, 0.6) is 0 Å². The monoisotopic (exact) mass is 906 g/mol. The minimum atomic E-state index is 0. The van der Waals surface area contributed by atoms with Gasteiger partial charge in [0.05, 0.1) is 11.5 Å². The number of fused-ring (bicyclic) bond motifs is 6. The van der Waals surface area contributed by atoms with Gasteiger partial charge in [-0.15, -0.1) is 40.5 Å². The Morgan fingerprint density at radius 1 is 0.811 bits per heavy atom. The zero-order chi connectivity index (χ0) is 38.0. The Labute approximate surface area is 334 Å². The van der Waals surface area contributed by atoms with Crippen LogP contribution in [0.1, 0.15) is 112 Å². The molecule has 0 fully saturated rings. The minimum absolute atomic E-state index is 0. The molecule has 6 rings (SSSR count). The van der Waals surface area contributed by atoms with E-state index in [1.807, 2.05) is 39.0 Å². The van der Waals surface area contributed by atoms with E-state index in [0.717, 1.165) is 54.4 Å². The van der Waals surface area contributed by atoms with Crippen molar-refractivity contribution in [3.8, 4) is 11.3 Å². The average molecular weight is 906 g/mol. The van der Waals surface area contributed by atoms with Crippen LogP contribution in [0.4, 0.5) is 0 Å². The molecule has 0 saturated carbocycles. The van der Waals surface area contributed by atoms with Gasteiger partial charge in [0, 0.05) is 63.9 Å². The van der Waals surface area contributed by atoms with Crippen molar-refractivity contribution in [3.63, 3.8) is 0 Å². The second-order valence-electron chi connectivity index (χ2n) is 16.6.